The molecule has 1 aromatic heterocycles. The summed E-state index contributed by atoms with van der Waals surface area (Å²) in [7, 11) is 0. The number of hydrazone groups is 1. The van der Waals surface area contributed by atoms with Crippen LogP contribution in [0, 0.1) is 0 Å². The first kappa shape index (κ1) is 25.4. The lowest BCUT2D eigenvalue weighted by atomic mass is 10.0. The summed E-state index contributed by atoms with van der Waals surface area (Å²) < 4.78 is 47.3. The molecule has 0 aliphatic rings. The Labute approximate surface area is 214 Å². The summed E-state index contributed by atoms with van der Waals surface area (Å²) in [6.07, 6.45) is -3.10. The van der Waals surface area contributed by atoms with Crippen LogP contribution in [0.1, 0.15) is 30.9 Å². The quantitative estimate of drug-likeness (QED) is 0.147. The van der Waals surface area contributed by atoms with Crippen LogP contribution >= 0.6 is 23.6 Å². The molecule has 0 aliphatic carbocycles. The van der Waals surface area contributed by atoms with Gasteiger partial charge in [0.1, 0.15) is 11.5 Å². The van der Waals surface area contributed by atoms with Crippen molar-refractivity contribution in [3.05, 3.63) is 77.9 Å². The maximum atomic E-state index is 12.3. The van der Waals surface area contributed by atoms with Crippen LogP contribution in [-0.2, 0) is 0 Å². The van der Waals surface area contributed by atoms with Crippen LogP contribution < -0.4 is 20.2 Å². The molecule has 0 saturated carbocycles. The van der Waals surface area contributed by atoms with Crippen molar-refractivity contribution >= 4 is 50.8 Å². The van der Waals surface area contributed by atoms with E-state index in [4.69, 9.17) is 17.0 Å². The van der Waals surface area contributed by atoms with Crippen LogP contribution in [0.4, 0.5) is 18.9 Å². The summed E-state index contributed by atoms with van der Waals surface area (Å²) in [6, 6.07) is 18.7. The molecular weight excluding hydrogens is 509 g/mol. The minimum Gasteiger partial charge on any atom is -0.431 e. The topological polar surface area (TPSA) is 67.8 Å². The predicted octanol–water partition coefficient (Wildman–Crippen LogP) is 7.43. The van der Waals surface area contributed by atoms with E-state index in [0.717, 1.165) is 27.0 Å². The number of ether oxygens (including phenoxy) is 2. The van der Waals surface area contributed by atoms with Crippen molar-refractivity contribution in [2.45, 2.75) is 26.1 Å². The Morgan fingerprint density at radius 3 is 2.50 bits per heavy atom. The van der Waals surface area contributed by atoms with Crippen molar-refractivity contribution in [2.75, 3.05) is 5.32 Å². The normalized spacial score (nSPS) is 11.7. The lowest BCUT2D eigenvalue weighted by Gasteiger charge is -2.14. The molecule has 0 aliphatic heterocycles. The van der Waals surface area contributed by atoms with Gasteiger partial charge in [0.2, 0.25) is 0 Å². The monoisotopic (exact) mass is 530 g/mol. The van der Waals surface area contributed by atoms with E-state index in [9.17, 15) is 13.2 Å². The lowest BCUT2D eigenvalue weighted by molar-refractivity contribution is -0.274. The summed E-state index contributed by atoms with van der Waals surface area (Å²) in [4.78, 5) is 4.40. The number of anilines is 1. The number of thiazole rings is 1. The molecule has 0 atom stereocenters. The van der Waals surface area contributed by atoms with Gasteiger partial charge >= 0.3 is 6.36 Å². The Morgan fingerprint density at radius 1 is 1.06 bits per heavy atom. The van der Waals surface area contributed by atoms with E-state index in [1.807, 2.05) is 36.4 Å². The fraction of sp³-hybridized carbons (Fsp3) is 0.160. The summed E-state index contributed by atoms with van der Waals surface area (Å²) in [6.45, 7) is 4.23. The highest BCUT2D eigenvalue weighted by Crippen LogP contribution is 2.33. The Balaban J connectivity index is 1.37. The molecule has 6 nitrogen and oxygen atoms in total. The van der Waals surface area contributed by atoms with Crippen molar-refractivity contribution in [1.29, 1.82) is 0 Å². The van der Waals surface area contributed by atoms with E-state index in [0.29, 0.717) is 22.0 Å². The van der Waals surface area contributed by atoms with Gasteiger partial charge in [-0.05, 0) is 71.7 Å². The van der Waals surface area contributed by atoms with Crippen molar-refractivity contribution in [3.8, 4) is 16.7 Å². The Bertz CT molecular complexity index is 1390. The molecule has 2 N–H and O–H groups in total. The van der Waals surface area contributed by atoms with Gasteiger partial charge in [-0.25, -0.2) is 4.98 Å². The van der Waals surface area contributed by atoms with E-state index in [2.05, 4.69) is 45.5 Å². The molecule has 0 bridgehead atoms. The number of halogens is 3. The van der Waals surface area contributed by atoms with Gasteiger partial charge in [0.25, 0.3) is 5.19 Å². The molecule has 0 fully saturated rings. The van der Waals surface area contributed by atoms with Crippen molar-refractivity contribution in [3.63, 3.8) is 0 Å². The molecule has 4 rings (SSSR count). The molecule has 11 heteroatoms. The predicted molar refractivity (Wildman–Crippen MR) is 140 cm³/mol. The first-order valence-corrected chi connectivity index (χ1v) is 12.0. The molecule has 0 spiro atoms. The van der Waals surface area contributed by atoms with Gasteiger partial charge in [0, 0.05) is 5.69 Å². The van der Waals surface area contributed by atoms with E-state index >= 15 is 0 Å². The van der Waals surface area contributed by atoms with Gasteiger partial charge in [-0.1, -0.05) is 49.4 Å². The van der Waals surface area contributed by atoms with Crippen molar-refractivity contribution < 1.29 is 22.6 Å². The van der Waals surface area contributed by atoms with E-state index in [-0.39, 0.29) is 5.75 Å². The highest BCUT2D eigenvalue weighted by atomic mass is 32.1. The average molecular weight is 531 g/mol. The van der Waals surface area contributed by atoms with Gasteiger partial charge in [-0.15, -0.1) is 13.2 Å². The zero-order valence-corrected chi connectivity index (χ0v) is 20.8. The number of hydrogen-bond acceptors (Lipinski definition) is 6. The Hall–Kier alpha value is -3.70. The number of fused-ring (bicyclic) bond motifs is 1. The number of alkyl halides is 3. The minimum atomic E-state index is -4.74. The molecule has 0 unspecified atom stereocenters. The second kappa shape index (κ2) is 10.9. The number of para-hydroxylation sites is 1. The Morgan fingerprint density at radius 2 is 1.78 bits per heavy atom. The van der Waals surface area contributed by atoms with Gasteiger partial charge in [0.15, 0.2) is 5.11 Å². The summed E-state index contributed by atoms with van der Waals surface area (Å²) >= 11 is 6.65. The third kappa shape index (κ3) is 6.92. The smallest absolute Gasteiger partial charge is 0.431 e. The largest absolute Gasteiger partial charge is 0.573 e. The molecule has 4 aromatic rings. The number of nitrogens with one attached hydrogen (secondary N) is 2. The van der Waals surface area contributed by atoms with E-state index in [1.54, 1.807) is 6.21 Å². The molecule has 3 aromatic carbocycles. The van der Waals surface area contributed by atoms with Gasteiger partial charge in [-0.2, -0.15) is 5.10 Å². The zero-order valence-electron chi connectivity index (χ0n) is 19.2. The maximum Gasteiger partial charge on any atom is 0.573 e. The molecule has 36 heavy (non-hydrogen) atoms. The Kier molecular flexibility index (Phi) is 7.70. The number of aromatic nitrogens is 1. The van der Waals surface area contributed by atoms with Crippen molar-refractivity contribution in [1.82, 2.24) is 10.4 Å². The van der Waals surface area contributed by atoms with E-state index < -0.39 is 6.36 Å². The average Bonchev–Trinajstić information content (AvgIpc) is 3.21. The second-order valence-corrected chi connectivity index (χ2v) is 9.30. The first-order valence-electron chi connectivity index (χ1n) is 10.8. The SMILES string of the molecule is CC(C)c1ccccc1NC(=S)NN=Cc1ccc2nc(Oc3ccc(OC(F)(F)F)cc3)sc2c1. The molecule has 0 amide bonds. The molecule has 0 saturated heterocycles. The van der Waals surface area contributed by atoms with Gasteiger partial charge < -0.3 is 14.8 Å². The van der Waals surface area contributed by atoms with Gasteiger partial charge in [0.05, 0.1) is 16.4 Å². The van der Waals surface area contributed by atoms with Crippen LogP contribution in [0.2, 0.25) is 0 Å². The molecular formula is C25H21F3N4O2S2. The first-order chi connectivity index (χ1) is 17.2. The number of nitrogens with zero attached hydrogens (tertiary/aromatic N) is 2. The molecule has 1 heterocycles. The fourth-order valence-electron chi connectivity index (χ4n) is 3.28. The third-order valence-corrected chi connectivity index (χ3v) is 5.96. The van der Waals surface area contributed by atoms with E-state index in [1.165, 1.54) is 35.6 Å². The van der Waals surface area contributed by atoms with Crippen molar-refractivity contribution in [2.24, 2.45) is 5.10 Å². The zero-order chi connectivity index (χ0) is 25.7. The third-order valence-electron chi connectivity index (χ3n) is 4.87. The minimum absolute atomic E-state index is 0.324. The second-order valence-electron chi connectivity index (χ2n) is 7.89. The fourth-order valence-corrected chi connectivity index (χ4v) is 4.33. The van der Waals surface area contributed by atoms with Gasteiger partial charge in [-0.3, -0.25) is 5.43 Å². The number of thiocarbonyl (C=S) groups is 1. The van der Waals surface area contributed by atoms with Crippen LogP contribution in [-0.4, -0.2) is 22.7 Å². The highest BCUT2D eigenvalue weighted by molar-refractivity contribution is 7.80. The standard InChI is InChI=1S/C25H21F3N4O2S2/c1-15(2)19-5-3-4-6-20(19)30-23(35)32-29-14-16-7-12-21-22(13-16)36-24(31-21)33-17-8-10-18(11-9-17)34-25(26,27)28/h3-15H,1-2H3,(H2,30,32,35). The number of rotatable bonds is 7. The number of hydrogen-bond donors (Lipinski definition) is 2. The molecule has 0 radical (unpaired) electrons. The summed E-state index contributed by atoms with van der Waals surface area (Å²) in [5, 5.41) is 8.11. The lowest BCUT2D eigenvalue weighted by Crippen LogP contribution is -2.24. The maximum absolute atomic E-state index is 12.3. The summed E-state index contributed by atoms with van der Waals surface area (Å²) in [5.41, 5.74) is 6.46. The number of benzene rings is 3. The highest BCUT2D eigenvalue weighted by Gasteiger charge is 2.31. The van der Waals surface area contributed by atoms with Crippen LogP contribution in [0.25, 0.3) is 10.2 Å². The van der Waals surface area contributed by atoms with Crippen LogP contribution in [0.5, 0.6) is 16.7 Å². The summed E-state index contributed by atoms with van der Waals surface area (Å²) in [5.74, 6) is 0.368. The van der Waals surface area contributed by atoms with Crippen LogP contribution in [0.3, 0.4) is 0 Å². The molecule has 186 valence electrons. The van der Waals surface area contributed by atoms with Crippen LogP contribution in [0.15, 0.2) is 71.8 Å².